The molecule has 0 fully saturated rings. The molecule has 0 saturated carbocycles. The molecule has 0 aliphatic carbocycles. The second kappa shape index (κ2) is 6.13. The molecule has 5 nitrogen and oxygen atoms in total. The zero-order chi connectivity index (χ0) is 14.5. The van der Waals surface area contributed by atoms with Crippen LogP contribution in [0.2, 0.25) is 5.02 Å². The molecule has 20 heavy (non-hydrogen) atoms. The number of carbonyl (C=O) groups is 1. The molecule has 6 heteroatoms. The Kier molecular flexibility index (Phi) is 4.28. The van der Waals surface area contributed by atoms with Gasteiger partial charge in [-0.05, 0) is 24.3 Å². The Morgan fingerprint density at radius 3 is 3.00 bits per heavy atom. The highest BCUT2D eigenvalue weighted by molar-refractivity contribution is 6.30. The lowest BCUT2D eigenvalue weighted by molar-refractivity contribution is 0.0563. The maximum Gasteiger partial charge on any atom is 0.374 e. The number of furan rings is 1. The van der Waals surface area contributed by atoms with E-state index in [-0.39, 0.29) is 5.76 Å². The second-order valence-electron chi connectivity index (χ2n) is 3.92. The fraction of sp³-hybridized carbons (Fsp3) is 0.143. The first-order chi connectivity index (χ1) is 9.65. The van der Waals surface area contributed by atoms with E-state index in [9.17, 15) is 4.79 Å². The first kappa shape index (κ1) is 14.0. The van der Waals surface area contributed by atoms with Gasteiger partial charge in [0.25, 0.3) is 0 Å². The number of nitrogens with zero attached hydrogens (tertiary/aromatic N) is 1. The Hall–Kier alpha value is -2.45. The molecular weight excluding hydrogens is 280 g/mol. The van der Waals surface area contributed by atoms with Crippen molar-refractivity contribution in [1.29, 1.82) is 5.26 Å². The van der Waals surface area contributed by atoms with Crippen LogP contribution in [0.25, 0.3) is 0 Å². The fourth-order valence-corrected chi connectivity index (χ4v) is 1.87. The third-order valence-corrected chi connectivity index (χ3v) is 2.92. The molecule has 0 unspecified atom stereocenters. The van der Waals surface area contributed by atoms with Crippen molar-refractivity contribution in [3.8, 4) is 6.07 Å². The molecule has 0 radical (unpaired) electrons. The number of ether oxygens (including phenoxy) is 1. The third-order valence-electron chi connectivity index (χ3n) is 2.69. The number of nitriles is 1. The molecule has 1 aromatic heterocycles. The lowest BCUT2D eigenvalue weighted by Crippen LogP contribution is -2.07. The maximum absolute atomic E-state index is 11.5. The van der Waals surface area contributed by atoms with Crippen LogP contribution in [0.1, 0.15) is 21.7 Å². The normalized spacial score (nSPS) is 9.85. The largest absolute Gasteiger partial charge is 0.463 e. The van der Waals surface area contributed by atoms with E-state index in [1.54, 1.807) is 24.3 Å². The number of rotatable bonds is 4. The van der Waals surface area contributed by atoms with Gasteiger partial charge in [0.15, 0.2) is 0 Å². The van der Waals surface area contributed by atoms with Crippen LogP contribution in [0.15, 0.2) is 34.9 Å². The highest BCUT2D eigenvalue weighted by atomic mass is 35.5. The van der Waals surface area contributed by atoms with E-state index in [1.807, 2.05) is 0 Å². The number of esters is 1. The van der Waals surface area contributed by atoms with Crippen LogP contribution in [0, 0.1) is 11.3 Å². The van der Waals surface area contributed by atoms with Gasteiger partial charge < -0.3 is 14.5 Å². The maximum atomic E-state index is 11.5. The Bertz CT molecular complexity index is 673. The molecule has 0 spiro atoms. The van der Waals surface area contributed by atoms with Gasteiger partial charge in [-0.15, -0.1) is 0 Å². The third kappa shape index (κ3) is 2.92. The van der Waals surface area contributed by atoms with Gasteiger partial charge in [0.1, 0.15) is 6.07 Å². The molecule has 2 rings (SSSR count). The van der Waals surface area contributed by atoms with Crippen molar-refractivity contribution in [2.75, 3.05) is 12.4 Å². The molecule has 0 atom stereocenters. The number of methoxy groups -OCH3 is 1. The van der Waals surface area contributed by atoms with Crippen molar-refractivity contribution in [3.63, 3.8) is 0 Å². The van der Waals surface area contributed by atoms with Crippen molar-refractivity contribution in [2.24, 2.45) is 0 Å². The molecule has 0 aliphatic heterocycles. The Labute approximate surface area is 120 Å². The van der Waals surface area contributed by atoms with Gasteiger partial charge in [-0.25, -0.2) is 4.79 Å². The van der Waals surface area contributed by atoms with Gasteiger partial charge in [0.05, 0.1) is 24.6 Å². The smallest absolute Gasteiger partial charge is 0.374 e. The molecule has 0 aliphatic rings. The standard InChI is InChI=1S/C14H11ClN2O3/c1-19-14(18)13-10(4-5-20-13)8-17-12-6-11(15)3-2-9(12)7-16/h2-6,17H,8H2,1H3. The number of hydrogen-bond acceptors (Lipinski definition) is 5. The van der Waals surface area contributed by atoms with E-state index in [4.69, 9.17) is 21.3 Å². The highest BCUT2D eigenvalue weighted by Gasteiger charge is 2.15. The summed E-state index contributed by atoms with van der Waals surface area (Å²) in [5.41, 5.74) is 1.70. The van der Waals surface area contributed by atoms with E-state index in [0.717, 1.165) is 0 Å². The van der Waals surface area contributed by atoms with Crippen LogP contribution >= 0.6 is 11.6 Å². The zero-order valence-electron chi connectivity index (χ0n) is 10.6. The average Bonchev–Trinajstić information content (AvgIpc) is 2.92. The Morgan fingerprint density at radius 2 is 2.30 bits per heavy atom. The predicted octanol–water partition coefficient (Wildman–Crippen LogP) is 3.20. The number of halogens is 1. The molecule has 2 aromatic rings. The van der Waals surface area contributed by atoms with Crippen molar-refractivity contribution in [1.82, 2.24) is 0 Å². The number of benzene rings is 1. The van der Waals surface area contributed by atoms with Crippen molar-refractivity contribution in [2.45, 2.75) is 6.54 Å². The van der Waals surface area contributed by atoms with Crippen molar-refractivity contribution in [3.05, 3.63) is 52.4 Å². The van der Waals surface area contributed by atoms with E-state index in [0.29, 0.717) is 28.4 Å². The molecule has 1 N–H and O–H groups in total. The molecule has 1 aromatic carbocycles. The molecule has 0 saturated heterocycles. The van der Waals surface area contributed by atoms with Gasteiger partial charge in [0.2, 0.25) is 5.76 Å². The molecule has 0 amide bonds. The summed E-state index contributed by atoms with van der Waals surface area (Å²) in [5.74, 6) is -0.404. The number of hydrogen-bond donors (Lipinski definition) is 1. The monoisotopic (exact) mass is 290 g/mol. The zero-order valence-corrected chi connectivity index (χ0v) is 11.4. The summed E-state index contributed by atoms with van der Waals surface area (Å²) in [4.78, 5) is 11.5. The molecule has 0 bridgehead atoms. The lowest BCUT2D eigenvalue weighted by atomic mass is 10.2. The highest BCUT2D eigenvalue weighted by Crippen LogP contribution is 2.22. The van der Waals surface area contributed by atoms with Gasteiger partial charge in [-0.3, -0.25) is 0 Å². The minimum absolute atomic E-state index is 0.139. The van der Waals surface area contributed by atoms with Crippen molar-refractivity contribution >= 4 is 23.3 Å². The number of nitrogens with one attached hydrogen (secondary N) is 1. The molecule has 102 valence electrons. The van der Waals surface area contributed by atoms with Gasteiger partial charge >= 0.3 is 5.97 Å². The predicted molar refractivity (Wildman–Crippen MR) is 73.5 cm³/mol. The molecular formula is C14H11ClN2O3. The summed E-state index contributed by atoms with van der Waals surface area (Å²) >= 11 is 5.90. The van der Waals surface area contributed by atoms with Crippen molar-refractivity contribution < 1.29 is 13.9 Å². The summed E-state index contributed by atoms with van der Waals surface area (Å²) in [6.45, 7) is 0.315. The minimum atomic E-state index is -0.543. The first-order valence-electron chi connectivity index (χ1n) is 5.74. The average molecular weight is 291 g/mol. The first-order valence-corrected chi connectivity index (χ1v) is 6.11. The lowest BCUT2D eigenvalue weighted by Gasteiger charge is -2.08. The summed E-state index contributed by atoms with van der Waals surface area (Å²) in [7, 11) is 1.28. The summed E-state index contributed by atoms with van der Waals surface area (Å²) < 4.78 is 9.70. The number of carbonyl (C=O) groups excluding carboxylic acids is 1. The van der Waals surface area contributed by atoms with Gasteiger partial charge in [-0.1, -0.05) is 11.6 Å². The van der Waals surface area contributed by atoms with Crippen LogP contribution < -0.4 is 5.32 Å². The van der Waals surface area contributed by atoms with E-state index in [1.165, 1.54) is 13.4 Å². The summed E-state index contributed by atoms with van der Waals surface area (Å²) in [6, 6.07) is 8.65. The van der Waals surface area contributed by atoms with E-state index >= 15 is 0 Å². The fourth-order valence-electron chi connectivity index (χ4n) is 1.70. The van der Waals surface area contributed by atoms with Crippen LogP contribution in [0.3, 0.4) is 0 Å². The summed E-state index contributed by atoms with van der Waals surface area (Å²) in [6.07, 6.45) is 1.41. The topological polar surface area (TPSA) is 75.3 Å². The van der Waals surface area contributed by atoms with E-state index in [2.05, 4.69) is 16.1 Å². The number of anilines is 1. The Morgan fingerprint density at radius 1 is 1.50 bits per heavy atom. The quantitative estimate of drug-likeness (QED) is 0.875. The summed E-state index contributed by atoms with van der Waals surface area (Å²) in [5, 5.41) is 12.6. The molecule has 1 heterocycles. The van der Waals surface area contributed by atoms with Crippen LogP contribution in [-0.4, -0.2) is 13.1 Å². The second-order valence-corrected chi connectivity index (χ2v) is 4.36. The van der Waals surface area contributed by atoms with Crippen LogP contribution in [0.5, 0.6) is 0 Å². The van der Waals surface area contributed by atoms with Crippen LogP contribution in [0.4, 0.5) is 5.69 Å². The van der Waals surface area contributed by atoms with Gasteiger partial charge in [-0.2, -0.15) is 5.26 Å². The van der Waals surface area contributed by atoms with Gasteiger partial charge in [0, 0.05) is 17.1 Å². The SMILES string of the molecule is COC(=O)c1occc1CNc1cc(Cl)ccc1C#N. The van der Waals surface area contributed by atoms with E-state index < -0.39 is 5.97 Å². The minimum Gasteiger partial charge on any atom is -0.463 e. The van der Waals surface area contributed by atoms with Crippen LogP contribution in [-0.2, 0) is 11.3 Å². The Balaban J connectivity index is 2.18.